The summed E-state index contributed by atoms with van der Waals surface area (Å²) in [4.78, 5) is 8.52. The van der Waals surface area contributed by atoms with Crippen molar-refractivity contribution in [2.45, 2.75) is 32.6 Å². The molecule has 1 aliphatic heterocycles. The van der Waals surface area contributed by atoms with E-state index in [1.165, 1.54) is 29.8 Å². The fraction of sp³-hybridized carbons (Fsp3) is 0.562. The van der Waals surface area contributed by atoms with Crippen LogP contribution in [-0.4, -0.2) is 34.8 Å². The molecular formula is C16H21N5S. The minimum atomic E-state index is 0.670. The number of aromatic nitrogens is 3. The lowest BCUT2D eigenvalue weighted by Gasteiger charge is -2.39. The van der Waals surface area contributed by atoms with Crippen molar-refractivity contribution in [2.24, 2.45) is 5.92 Å². The Labute approximate surface area is 134 Å². The minimum Gasteiger partial charge on any atom is -0.361 e. The minimum absolute atomic E-state index is 0.670. The Morgan fingerprint density at radius 1 is 1.23 bits per heavy atom. The maximum absolute atomic E-state index is 4.74. The number of anilines is 2. The lowest BCUT2D eigenvalue weighted by atomic mass is 10.0. The van der Waals surface area contributed by atoms with Gasteiger partial charge in [0.15, 0.2) is 10.9 Å². The van der Waals surface area contributed by atoms with Crippen LogP contribution in [0.5, 0.6) is 0 Å². The van der Waals surface area contributed by atoms with Gasteiger partial charge in [0, 0.05) is 30.4 Å². The van der Waals surface area contributed by atoms with E-state index in [1.807, 2.05) is 24.3 Å². The van der Waals surface area contributed by atoms with Gasteiger partial charge in [-0.1, -0.05) is 0 Å². The second kappa shape index (κ2) is 5.83. The summed E-state index contributed by atoms with van der Waals surface area (Å²) < 4.78 is 0. The van der Waals surface area contributed by atoms with E-state index in [0.717, 1.165) is 42.7 Å². The first kappa shape index (κ1) is 13.9. The topological polar surface area (TPSA) is 53.9 Å². The highest BCUT2D eigenvalue weighted by Crippen LogP contribution is 2.30. The van der Waals surface area contributed by atoms with E-state index < -0.39 is 0 Å². The lowest BCUT2D eigenvalue weighted by molar-refractivity contribution is 0.425. The highest BCUT2D eigenvalue weighted by Gasteiger charge is 2.28. The summed E-state index contributed by atoms with van der Waals surface area (Å²) in [6.07, 6.45) is 5.00. The molecule has 5 nitrogen and oxygen atoms in total. The number of nitrogens with zero attached hydrogens (tertiary/aromatic N) is 4. The molecule has 1 N–H and O–H groups in total. The van der Waals surface area contributed by atoms with Crippen LogP contribution in [0.25, 0.3) is 0 Å². The van der Waals surface area contributed by atoms with Crippen LogP contribution in [0, 0.1) is 12.8 Å². The fourth-order valence-corrected chi connectivity index (χ4v) is 4.16. The molecule has 0 atom stereocenters. The van der Waals surface area contributed by atoms with Crippen LogP contribution < -0.4 is 10.2 Å². The normalized spacial score (nSPS) is 18.0. The van der Waals surface area contributed by atoms with Crippen LogP contribution in [0.1, 0.15) is 29.1 Å². The molecule has 3 heterocycles. The molecule has 2 aromatic rings. The predicted molar refractivity (Wildman–Crippen MR) is 89.7 cm³/mol. The molecule has 6 heteroatoms. The summed E-state index contributed by atoms with van der Waals surface area (Å²) in [6.45, 7) is 5.07. The van der Waals surface area contributed by atoms with Gasteiger partial charge in [-0.25, -0.2) is 4.98 Å². The number of nitrogens with one attached hydrogen (secondary N) is 1. The summed E-state index contributed by atoms with van der Waals surface area (Å²) in [7, 11) is 0. The van der Waals surface area contributed by atoms with E-state index in [9.17, 15) is 0 Å². The van der Waals surface area contributed by atoms with Crippen LogP contribution in [0.2, 0.25) is 0 Å². The summed E-state index contributed by atoms with van der Waals surface area (Å²) in [6, 6.07) is 4.08. The average molecular weight is 315 g/mol. The summed E-state index contributed by atoms with van der Waals surface area (Å²) >= 11 is 1.85. The Hall–Kier alpha value is -1.69. The van der Waals surface area contributed by atoms with Gasteiger partial charge in [0.25, 0.3) is 0 Å². The number of fused-ring (bicyclic) bond motifs is 1. The third-order valence-corrected chi connectivity index (χ3v) is 5.57. The van der Waals surface area contributed by atoms with Gasteiger partial charge in [-0.05, 0) is 44.7 Å². The van der Waals surface area contributed by atoms with Crippen LogP contribution >= 0.6 is 11.3 Å². The fourth-order valence-electron chi connectivity index (χ4n) is 3.11. The van der Waals surface area contributed by atoms with E-state index in [0.29, 0.717) is 5.92 Å². The first-order chi connectivity index (χ1) is 10.8. The van der Waals surface area contributed by atoms with Crippen LogP contribution in [0.4, 0.5) is 10.9 Å². The number of rotatable bonds is 4. The third kappa shape index (κ3) is 2.79. The van der Waals surface area contributed by atoms with Crippen molar-refractivity contribution >= 4 is 22.3 Å². The summed E-state index contributed by atoms with van der Waals surface area (Å²) in [5, 5.41) is 13.0. The largest absolute Gasteiger partial charge is 0.361 e. The summed E-state index contributed by atoms with van der Waals surface area (Å²) in [5.41, 5.74) is 2.30. The zero-order valence-electron chi connectivity index (χ0n) is 12.9. The molecule has 1 fully saturated rings. The molecule has 0 unspecified atom stereocenters. The quantitative estimate of drug-likeness (QED) is 0.940. The van der Waals surface area contributed by atoms with Gasteiger partial charge < -0.3 is 10.2 Å². The van der Waals surface area contributed by atoms with E-state index >= 15 is 0 Å². The Morgan fingerprint density at radius 3 is 2.86 bits per heavy atom. The van der Waals surface area contributed by atoms with E-state index in [2.05, 4.69) is 26.5 Å². The van der Waals surface area contributed by atoms with Gasteiger partial charge in [-0.3, -0.25) is 0 Å². The van der Waals surface area contributed by atoms with Gasteiger partial charge in [0.2, 0.25) is 0 Å². The standard InChI is InChI=1S/C16H21N5S/c1-11-6-7-15(20-19-11)21-9-12(10-21)8-17-16-18-13-4-2-3-5-14(13)22-16/h6-7,12H,2-5,8-10H2,1H3,(H,17,18). The van der Waals surface area contributed by atoms with E-state index in [1.54, 1.807) is 0 Å². The maximum atomic E-state index is 4.74. The molecule has 0 bridgehead atoms. The second-order valence-corrected chi connectivity index (χ2v) is 7.36. The molecule has 2 aromatic heterocycles. The first-order valence-electron chi connectivity index (χ1n) is 8.05. The molecule has 116 valence electrons. The lowest BCUT2D eigenvalue weighted by Crippen LogP contribution is -2.50. The molecule has 0 saturated carbocycles. The molecule has 2 aliphatic rings. The smallest absolute Gasteiger partial charge is 0.183 e. The average Bonchev–Trinajstić information content (AvgIpc) is 2.90. The Morgan fingerprint density at radius 2 is 2.09 bits per heavy atom. The van der Waals surface area contributed by atoms with E-state index in [4.69, 9.17) is 4.98 Å². The highest BCUT2D eigenvalue weighted by molar-refractivity contribution is 7.15. The first-order valence-corrected chi connectivity index (χ1v) is 8.87. The van der Waals surface area contributed by atoms with Crippen molar-refractivity contribution in [1.29, 1.82) is 0 Å². The monoisotopic (exact) mass is 315 g/mol. The third-order valence-electron chi connectivity index (χ3n) is 4.45. The number of hydrogen-bond donors (Lipinski definition) is 1. The molecular weight excluding hydrogens is 294 g/mol. The SMILES string of the molecule is Cc1ccc(N2CC(CNc3nc4c(s3)CCCC4)C2)nn1. The Balaban J connectivity index is 1.27. The summed E-state index contributed by atoms with van der Waals surface area (Å²) in [5.74, 6) is 1.66. The zero-order chi connectivity index (χ0) is 14.9. The van der Waals surface area contributed by atoms with Crippen LogP contribution in [-0.2, 0) is 12.8 Å². The molecule has 0 amide bonds. The predicted octanol–water partition coefficient (Wildman–Crippen LogP) is 2.67. The van der Waals surface area contributed by atoms with Gasteiger partial charge in [-0.2, -0.15) is 5.10 Å². The van der Waals surface area contributed by atoms with Crippen molar-refractivity contribution in [2.75, 3.05) is 29.9 Å². The number of aryl methyl sites for hydroxylation is 3. The van der Waals surface area contributed by atoms with Crippen molar-refractivity contribution in [3.63, 3.8) is 0 Å². The molecule has 0 spiro atoms. The van der Waals surface area contributed by atoms with E-state index in [-0.39, 0.29) is 0 Å². The van der Waals surface area contributed by atoms with Crippen molar-refractivity contribution < 1.29 is 0 Å². The number of thiazole rings is 1. The molecule has 1 saturated heterocycles. The molecule has 0 radical (unpaired) electrons. The van der Waals surface area contributed by atoms with Gasteiger partial charge in [0.1, 0.15) is 0 Å². The van der Waals surface area contributed by atoms with Gasteiger partial charge in [0.05, 0.1) is 11.4 Å². The molecule has 22 heavy (non-hydrogen) atoms. The van der Waals surface area contributed by atoms with Gasteiger partial charge >= 0.3 is 0 Å². The number of hydrogen-bond acceptors (Lipinski definition) is 6. The zero-order valence-corrected chi connectivity index (χ0v) is 13.7. The molecule has 0 aromatic carbocycles. The molecule has 4 rings (SSSR count). The second-order valence-electron chi connectivity index (χ2n) is 6.28. The Kier molecular flexibility index (Phi) is 3.70. The molecule has 1 aliphatic carbocycles. The Bertz CT molecular complexity index is 622. The highest BCUT2D eigenvalue weighted by atomic mass is 32.1. The van der Waals surface area contributed by atoms with Crippen molar-refractivity contribution in [3.05, 3.63) is 28.4 Å². The van der Waals surface area contributed by atoms with Crippen molar-refractivity contribution in [3.8, 4) is 0 Å². The van der Waals surface area contributed by atoms with Crippen LogP contribution in [0.15, 0.2) is 12.1 Å². The maximum Gasteiger partial charge on any atom is 0.183 e. The van der Waals surface area contributed by atoms with Gasteiger partial charge in [-0.15, -0.1) is 16.4 Å². The van der Waals surface area contributed by atoms with Crippen LogP contribution in [0.3, 0.4) is 0 Å². The van der Waals surface area contributed by atoms with Crippen molar-refractivity contribution in [1.82, 2.24) is 15.2 Å².